The molecule has 1 unspecified atom stereocenters. The van der Waals surface area contributed by atoms with Gasteiger partial charge in [-0.15, -0.1) is 0 Å². The molecule has 78 valence electrons. The highest BCUT2D eigenvalue weighted by molar-refractivity contribution is 4.84. The number of rotatable bonds is 4. The lowest BCUT2D eigenvalue weighted by molar-refractivity contribution is -0.175. The molecule has 0 radical (unpaired) electrons. The Morgan fingerprint density at radius 1 is 1.46 bits per heavy atom. The van der Waals surface area contributed by atoms with Crippen molar-refractivity contribution in [2.75, 3.05) is 20.1 Å². The van der Waals surface area contributed by atoms with E-state index in [0.29, 0.717) is 6.04 Å². The van der Waals surface area contributed by atoms with Gasteiger partial charge in [0.1, 0.15) is 0 Å². The van der Waals surface area contributed by atoms with Crippen LogP contribution in [0.25, 0.3) is 0 Å². The molecule has 0 spiro atoms. The summed E-state index contributed by atoms with van der Waals surface area (Å²) in [6.07, 6.45) is -2.12. The average Bonchev–Trinajstić information content (AvgIpc) is 2.78. The Balaban J connectivity index is 2.38. The van der Waals surface area contributed by atoms with Gasteiger partial charge in [0.05, 0.1) is 5.92 Å². The van der Waals surface area contributed by atoms with Crippen LogP contribution < -0.4 is 5.73 Å². The summed E-state index contributed by atoms with van der Waals surface area (Å²) in [5.74, 6) is -1.38. The highest BCUT2D eigenvalue weighted by atomic mass is 19.4. The molecule has 0 aromatic heterocycles. The Morgan fingerprint density at radius 3 is 2.31 bits per heavy atom. The molecule has 0 heterocycles. The zero-order chi connectivity index (χ0) is 10.1. The van der Waals surface area contributed by atoms with Crippen LogP contribution in [0.4, 0.5) is 13.2 Å². The second-order valence-corrected chi connectivity index (χ2v) is 3.64. The topological polar surface area (TPSA) is 29.3 Å². The molecule has 0 aromatic carbocycles. The van der Waals surface area contributed by atoms with E-state index < -0.39 is 12.1 Å². The predicted molar refractivity (Wildman–Crippen MR) is 44.3 cm³/mol. The van der Waals surface area contributed by atoms with Gasteiger partial charge in [0, 0.05) is 19.1 Å². The van der Waals surface area contributed by atoms with Crippen LogP contribution >= 0.6 is 0 Å². The monoisotopic (exact) mass is 196 g/mol. The highest BCUT2D eigenvalue weighted by Crippen LogP contribution is 2.30. The first-order valence-corrected chi connectivity index (χ1v) is 4.42. The molecule has 1 aliphatic rings. The van der Waals surface area contributed by atoms with Crippen molar-refractivity contribution in [1.82, 2.24) is 4.90 Å². The molecule has 0 amide bonds. The third kappa shape index (κ3) is 3.15. The van der Waals surface area contributed by atoms with Gasteiger partial charge in [-0.25, -0.2) is 0 Å². The Kier molecular flexibility index (Phi) is 3.18. The molecule has 0 bridgehead atoms. The third-order valence-corrected chi connectivity index (χ3v) is 2.43. The van der Waals surface area contributed by atoms with Crippen LogP contribution in [-0.4, -0.2) is 37.3 Å². The van der Waals surface area contributed by atoms with Crippen molar-refractivity contribution in [1.29, 1.82) is 0 Å². The molecule has 13 heavy (non-hydrogen) atoms. The summed E-state index contributed by atoms with van der Waals surface area (Å²) in [7, 11) is 1.73. The first-order valence-electron chi connectivity index (χ1n) is 4.42. The van der Waals surface area contributed by atoms with E-state index in [9.17, 15) is 13.2 Å². The predicted octanol–water partition coefficient (Wildman–Crippen LogP) is 1.22. The molecule has 1 aliphatic carbocycles. The van der Waals surface area contributed by atoms with Crippen LogP contribution in [0.2, 0.25) is 0 Å². The van der Waals surface area contributed by atoms with Crippen LogP contribution in [0, 0.1) is 5.92 Å². The first-order chi connectivity index (χ1) is 5.95. The van der Waals surface area contributed by atoms with Crippen LogP contribution in [0.1, 0.15) is 12.8 Å². The zero-order valence-corrected chi connectivity index (χ0v) is 7.64. The average molecular weight is 196 g/mol. The number of alkyl halides is 3. The van der Waals surface area contributed by atoms with E-state index in [4.69, 9.17) is 5.73 Å². The second-order valence-electron chi connectivity index (χ2n) is 3.64. The number of hydrogen-bond acceptors (Lipinski definition) is 2. The van der Waals surface area contributed by atoms with Crippen molar-refractivity contribution in [2.24, 2.45) is 11.7 Å². The molecule has 2 nitrogen and oxygen atoms in total. The van der Waals surface area contributed by atoms with Crippen molar-refractivity contribution in [3.63, 3.8) is 0 Å². The van der Waals surface area contributed by atoms with Crippen LogP contribution in [-0.2, 0) is 0 Å². The smallest absolute Gasteiger partial charge is 0.330 e. The van der Waals surface area contributed by atoms with Gasteiger partial charge in [-0.2, -0.15) is 13.2 Å². The van der Waals surface area contributed by atoms with Gasteiger partial charge in [-0.1, -0.05) is 0 Å². The van der Waals surface area contributed by atoms with Crippen molar-refractivity contribution in [3.05, 3.63) is 0 Å². The fraction of sp³-hybridized carbons (Fsp3) is 1.00. The molecule has 0 aromatic rings. The van der Waals surface area contributed by atoms with Crippen LogP contribution in [0.3, 0.4) is 0 Å². The molecule has 5 heteroatoms. The maximum absolute atomic E-state index is 12.3. The maximum atomic E-state index is 12.3. The summed E-state index contributed by atoms with van der Waals surface area (Å²) >= 11 is 0. The van der Waals surface area contributed by atoms with Gasteiger partial charge in [0.2, 0.25) is 0 Å². The van der Waals surface area contributed by atoms with E-state index in [0.717, 1.165) is 12.8 Å². The summed E-state index contributed by atoms with van der Waals surface area (Å²) in [5.41, 5.74) is 5.08. The number of halogens is 3. The minimum Gasteiger partial charge on any atom is -0.330 e. The van der Waals surface area contributed by atoms with E-state index in [1.165, 1.54) is 0 Å². The Morgan fingerprint density at radius 2 is 2.00 bits per heavy atom. The lowest BCUT2D eigenvalue weighted by Crippen LogP contribution is -2.40. The fourth-order valence-corrected chi connectivity index (χ4v) is 1.32. The summed E-state index contributed by atoms with van der Waals surface area (Å²) in [4.78, 5) is 1.75. The summed E-state index contributed by atoms with van der Waals surface area (Å²) in [5, 5.41) is 0. The standard InChI is InChI=1S/C8H15F3N2/c1-13(7-2-3-7)5-6(4-12)8(9,10)11/h6-7H,2-5,12H2,1H3. The Hall–Kier alpha value is -0.290. The second kappa shape index (κ2) is 3.84. The van der Waals surface area contributed by atoms with Gasteiger partial charge in [-0.05, 0) is 19.9 Å². The SMILES string of the molecule is CN(CC(CN)C(F)(F)F)C1CC1. The van der Waals surface area contributed by atoms with E-state index in [-0.39, 0.29) is 13.1 Å². The summed E-state index contributed by atoms with van der Waals surface area (Å²) in [6, 6.07) is 0.358. The third-order valence-electron chi connectivity index (χ3n) is 2.43. The number of nitrogens with zero attached hydrogens (tertiary/aromatic N) is 1. The van der Waals surface area contributed by atoms with Gasteiger partial charge >= 0.3 is 6.18 Å². The van der Waals surface area contributed by atoms with Gasteiger partial charge in [0.25, 0.3) is 0 Å². The quantitative estimate of drug-likeness (QED) is 0.732. The van der Waals surface area contributed by atoms with E-state index >= 15 is 0 Å². The van der Waals surface area contributed by atoms with Crippen molar-refractivity contribution >= 4 is 0 Å². The largest absolute Gasteiger partial charge is 0.394 e. The maximum Gasteiger partial charge on any atom is 0.394 e. The minimum atomic E-state index is -4.15. The highest BCUT2D eigenvalue weighted by Gasteiger charge is 2.40. The molecule has 0 aliphatic heterocycles. The van der Waals surface area contributed by atoms with Crippen molar-refractivity contribution in [2.45, 2.75) is 25.1 Å². The molecule has 1 saturated carbocycles. The van der Waals surface area contributed by atoms with E-state index in [2.05, 4.69) is 0 Å². The lowest BCUT2D eigenvalue weighted by atomic mass is 10.1. The molecular formula is C8H15F3N2. The van der Waals surface area contributed by atoms with Crippen LogP contribution in [0.5, 0.6) is 0 Å². The van der Waals surface area contributed by atoms with Gasteiger partial charge in [-0.3, -0.25) is 0 Å². The number of hydrogen-bond donors (Lipinski definition) is 1. The molecule has 1 atom stereocenters. The molecule has 2 N–H and O–H groups in total. The Labute approximate surface area is 75.9 Å². The number of nitrogens with two attached hydrogens (primary N) is 1. The molecular weight excluding hydrogens is 181 g/mol. The Bertz CT molecular complexity index is 165. The van der Waals surface area contributed by atoms with Gasteiger partial charge < -0.3 is 10.6 Å². The van der Waals surface area contributed by atoms with Crippen molar-refractivity contribution in [3.8, 4) is 0 Å². The summed E-state index contributed by atoms with van der Waals surface area (Å²) in [6.45, 7) is -0.286. The molecule has 1 fully saturated rings. The fourth-order valence-electron chi connectivity index (χ4n) is 1.32. The van der Waals surface area contributed by atoms with Crippen molar-refractivity contribution < 1.29 is 13.2 Å². The van der Waals surface area contributed by atoms with Gasteiger partial charge in [0.15, 0.2) is 0 Å². The normalized spacial score (nSPS) is 20.8. The molecule has 1 rings (SSSR count). The van der Waals surface area contributed by atoms with E-state index in [1.54, 1.807) is 11.9 Å². The lowest BCUT2D eigenvalue weighted by Gasteiger charge is -2.24. The first kappa shape index (κ1) is 10.8. The van der Waals surface area contributed by atoms with Crippen LogP contribution in [0.15, 0.2) is 0 Å². The molecule has 0 saturated heterocycles. The van der Waals surface area contributed by atoms with E-state index in [1.807, 2.05) is 0 Å². The summed E-state index contributed by atoms with van der Waals surface area (Å²) < 4.78 is 36.8. The minimum absolute atomic E-state index is 0.0324. The zero-order valence-electron chi connectivity index (χ0n) is 7.64.